The van der Waals surface area contributed by atoms with Crippen LogP contribution in [-0.4, -0.2) is 25.8 Å². The maximum absolute atomic E-state index is 12.1. The van der Waals surface area contributed by atoms with Crippen LogP contribution in [0, 0.1) is 0 Å². The number of carbonyl (C=O) groups excluding carboxylic acids is 1. The Kier molecular flexibility index (Phi) is 2.69. The molecule has 1 heterocycles. The van der Waals surface area contributed by atoms with Gasteiger partial charge in [0.25, 0.3) is 5.79 Å². The summed E-state index contributed by atoms with van der Waals surface area (Å²) in [6.45, 7) is 1.59. The zero-order valence-electron chi connectivity index (χ0n) is 9.52. The van der Waals surface area contributed by atoms with Crippen LogP contribution >= 0.6 is 0 Å². The summed E-state index contributed by atoms with van der Waals surface area (Å²) in [6.07, 6.45) is -0.630. The maximum atomic E-state index is 12.1. The van der Waals surface area contributed by atoms with Gasteiger partial charge in [-0.05, 0) is 6.07 Å². The number of methoxy groups -OCH3 is 2. The first-order valence-electron chi connectivity index (χ1n) is 5.02. The molecular formula is C12H14O4. The Balaban J connectivity index is 2.51. The number of ether oxygens (including phenoxy) is 3. The molecule has 4 nitrogen and oxygen atoms in total. The standard InChI is InChI=1S/C12H14O4/c1-12(15-3)11(13)10(14-2)8-6-4-5-7-9(8)16-12/h4-7,10H,1-3H3. The average molecular weight is 222 g/mol. The van der Waals surface area contributed by atoms with Crippen LogP contribution in [0.1, 0.15) is 18.6 Å². The molecule has 2 atom stereocenters. The van der Waals surface area contributed by atoms with Gasteiger partial charge in [-0.2, -0.15) is 0 Å². The number of hydrogen-bond acceptors (Lipinski definition) is 4. The topological polar surface area (TPSA) is 44.8 Å². The van der Waals surface area contributed by atoms with E-state index in [1.807, 2.05) is 18.2 Å². The summed E-state index contributed by atoms with van der Waals surface area (Å²) in [5.41, 5.74) is 0.740. The van der Waals surface area contributed by atoms with E-state index < -0.39 is 11.9 Å². The Hall–Kier alpha value is -1.39. The lowest BCUT2D eigenvalue weighted by atomic mass is 9.96. The number of fused-ring (bicyclic) bond motifs is 1. The lowest BCUT2D eigenvalue weighted by Crippen LogP contribution is -2.49. The van der Waals surface area contributed by atoms with Gasteiger partial charge in [0, 0.05) is 26.7 Å². The molecule has 1 aliphatic heterocycles. The van der Waals surface area contributed by atoms with Gasteiger partial charge in [0.2, 0.25) is 5.78 Å². The van der Waals surface area contributed by atoms with Crippen molar-refractivity contribution in [2.75, 3.05) is 14.2 Å². The Bertz CT molecular complexity index is 415. The SMILES string of the molecule is COC1C(=O)C(C)(OC)Oc2ccccc21. The first kappa shape index (κ1) is 11.1. The van der Waals surface area contributed by atoms with Crippen molar-refractivity contribution in [3.63, 3.8) is 0 Å². The molecule has 1 aromatic rings. The lowest BCUT2D eigenvalue weighted by Gasteiger charge is -2.36. The van der Waals surface area contributed by atoms with Crippen LogP contribution in [0.3, 0.4) is 0 Å². The predicted octanol–water partition coefficient (Wildman–Crippen LogP) is 1.70. The zero-order chi connectivity index (χ0) is 11.8. The molecule has 0 bridgehead atoms. The molecule has 1 aliphatic rings. The molecule has 2 rings (SSSR count). The van der Waals surface area contributed by atoms with Crippen LogP contribution in [0.4, 0.5) is 0 Å². The molecule has 0 spiro atoms. The van der Waals surface area contributed by atoms with Gasteiger partial charge in [0.15, 0.2) is 6.10 Å². The summed E-state index contributed by atoms with van der Waals surface area (Å²) in [4.78, 5) is 12.1. The second-order valence-electron chi connectivity index (χ2n) is 3.77. The fourth-order valence-electron chi connectivity index (χ4n) is 1.81. The van der Waals surface area contributed by atoms with E-state index in [2.05, 4.69) is 0 Å². The fraction of sp³-hybridized carbons (Fsp3) is 0.417. The number of Topliss-reactive ketones (excluding diaryl/α,β-unsaturated/α-hetero) is 1. The van der Waals surface area contributed by atoms with E-state index in [9.17, 15) is 4.79 Å². The lowest BCUT2D eigenvalue weighted by molar-refractivity contribution is -0.192. The number of carbonyl (C=O) groups is 1. The number of ketones is 1. The number of benzene rings is 1. The largest absolute Gasteiger partial charge is 0.455 e. The minimum atomic E-state index is -1.27. The first-order valence-corrected chi connectivity index (χ1v) is 5.02. The van der Waals surface area contributed by atoms with Gasteiger partial charge in [0.05, 0.1) is 0 Å². The summed E-state index contributed by atoms with van der Waals surface area (Å²) < 4.78 is 15.9. The highest BCUT2D eigenvalue weighted by Crippen LogP contribution is 2.38. The van der Waals surface area contributed by atoms with Gasteiger partial charge in [-0.25, -0.2) is 0 Å². The molecule has 0 amide bonds. The van der Waals surface area contributed by atoms with E-state index in [0.29, 0.717) is 5.75 Å². The van der Waals surface area contributed by atoms with Gasteiger partial charge in [-0.1, -0.05) is 18.2 Å². The van der Waals surface area contributed by atoms with E-state index in [-0.39, 0.29) is 5.78 Å². The molecular weight excluding hydrogens is 208 g/mol. The highest BCUT2D eigenvalue weighted by Gasteiger charge is 2.46. The van der Waals surface area contributed by atoms with Crippen molar-refractivity contribution in [2.24, 2.45) is 0 Å². The second kappa shape index (κ2) is 3.88. The molecule has 0 aromatic heterocycles. The Morgan fingerprint density at radius 2 is 2.00 bits per heavy atom. The summed E-state index contributed by atoms with van der Waals surface area (Å²) in [7, 11) is 2.94. The molecule has 0 radical (unpaired) electrons. The molecule has 0 N–H and O–H groups in total. The van der Waals surface area contributed by atoms with E-state index in [1.54, 1.807) is 13.0 Å². The van der Waals surface area contributed by atoms with E-state index >= 15 is 0 Å². The second-order valence-corrected chi connectivity index (χ2v) is 3.77. The van der Waals surface area contributed by atoms with Crippen LogP contribution in [0.2, 0.25) is 0 Å². The third-order valence-electron chi connectivity index (χ3n) is 2.82. The summed E-state index contributed by atoms with van der Waals surface area (Å²) in [5, 5.41) is 0. The Morgan fingerprint density at radius 3 is 2.62 bits per heavy atom. The fourth-order valence-corrected chi connectivity index (χ4v) is 1.81. The van der Waals surface area contributed by atoms with Crippen molar-refractivity contribution in [2.45, 2.75) is 18.8 Å². The number of rotatable bonds is 2. The maximum Gasteiger partial charge on any atom is 0.270 e. The first-order chi connectivity index (χ1) is 7.62. The highest BCUT2D eigenvalue weighted by atomic mass is 16.7. The van der Waals surface area contributed by atoms with E-state index in [1.165, 1.54) is 14.2 Å². The molecule has 0 saturated carbocycles. The number of hydrogen-bond donors (Lipinski definition) is 0. The van der Waals surface area contributed by atoms with Crippen molar-refractivity contribution >= 4 is 5.78 Å². The molecule has 16 heavy (non-hydrogen) atoms. The molecule has 4 heteroatoms. The summed E-state index contributed by atoms with van der Waals surface area (Å²) in [5.74, 6) is -0.871. The smallest absolute Gasteiger partial charge is 0.270 e. The normalized spacial score (nSPS) is 28.4. The average Bonchev–Trinajstić information content (AvgIpc) is 2.31. The molecule has 86 valence electrons. The number of para-hydroxylation sites is 1. The Labute approximate surface area is 94.1 Å². The third kappa shape index (κ3) is 1.50. The van der Waals surface area contributed by atoms with Crippen molar-refractivity contribution < 1.29 is 19.0 Å². The van der Waals surface area contributed by atoms with Crippen LogP contribution in [0.5, 0.6) is 5.75 Å². The van der Waals surface area contributed by atoms with Crippen molar-refractivity contribution in [1.29, 1.82) is 0 Å². The van der Waals surface area contributed by atoms with Gasteiger partial charge in [-0.15, -0.1) is 0 Å². The molecule has 1 aromatic carbocycles. The zero-order valence-corrected chi connectivity index (χ0v) is 9.52. The summed E-state index contributed by atoms with van der Waals surface area (Å²) in [6, 6.07) is 7.30. The minimum Gasteiger partial charge on any atom is -0.455 e. The molecule has 2 unspecified atom stereocenters. The van der Waals surface area contributed by atoms with Crippen LogP contribution in [0.25, 0.3) is 0 Å². The van der Waals surface area contributed by atoms with Crippen LogP contribution < -0.4 is 4.74 Å². The van der Waals surface area contributed by atoms with E-state index in [0.717, 1.165) is 5.56 Å². The van der Waals surface area contributed by atoms with Gasteiger partial charge < -0.3 is 14.2 Å². The Morgan fingerprint density at radius 1 is 1.31 bits per heavy atom. The third-order valence-corrected chi connectivity index (χ3v) is 2.82. The van der Waals surface area contributed by atoms with Crippen LogP contribution in [0.15, 0.2) is 24.3 Å². The molecule has 0 saturated heterocycles. The predicted molar refractivity (Wildman–Crippen MR) is 57.2 cm³/mol. The van der Waals surface area contributed by atoms with Crippen molar-refractivity contribution in [1.82, 2.24) is 0 Å². The van der Waals surface area contributed by atoms with Crippen molar-refractivity contribution in [3.05, 3.63) is 29.8 Å². The minimum absolute atomic E-state index is 0.226. The van der Waals surface area contributed by atoms with Gasteiger partial charge in [-0.3, -0.25) is 4.79 Å². The summed E-state index contributed by atoms with van der Waals surface area (Å²) >= 11 is 0. The quantitative estimate of drug-likeness (QED) is 0.764. The monoisotopic (exact) mass is 222 g/mol. The van der Waals surface area contributed by atoms with Crippen LogP contribution in [-0.2, 0) is 14.3 Å². The highest BCUT2D eigenvalue weighted by molar-refractivity contribution is 5.93. The van der Waals surface area contributed by atoms with Gasteiger partial charge in [0.1, 0.15) is 5.75 Å². The van der Waals surface area contributed by atoms with Crippen molar-refractivity contribution in [3.8, 4) is 5.75 Å². The molecule has 0 fully saturated rings. The van der Waals surface area contributed by atoms with Gasteiger partial charge >= 0.3 is 0 Å². The molecule has 0 aliphatic carbocycles. The van der Waals surface area contributed by atoms with E-state index in [4.69, 9.17) is 14.2 Å².